The quantitative estimate of drug-likeness (QED) is 0.317. The summed E-state index contributed by atoms with van der Waals surface area (Å²) in [5.41, 5.74) is 20.3. The third kappa shape index (κ3) is 4.39. The van der Waals surface area contributed by atoms with E-state index in [2.05, 4.69) is 63.0 Å². The van der Waals surface area contributed by atoms with Gasteiger partial charge in [0.2, 0.25) is 0 Å². The van der Waals surface area contributed by atoms with Crippen LogP contribution in [0.1, 0.15) is 31.2 Å². The fourth-order valence-corrected chi connectivity index (χ4v) is 5.80. The summed E-state index contributed by atoms with van der Waals surface area (Å²) in [6, 6.07) is 25.0. The van der Waals surface area contributed by atoms with E-state index in [4.69, 9.17) is 26.2 Å². The zero-order chi connectivity index (χ0) is 27.1. The van der Waals surface area contributed by atoms with Crippen molar-refractivity contribution >= 4 is 22.7 Å². The van der Waals surface area contributed by atoms with Gasteiger partial charge in [-0.2, -0.15) is 0 Å². The zero-order valence-electron chi connectivity index (χ0n) is 22.5. The third-order valence-corrected chi connectivity index (χ3v) is 8.26. The molecule has 0 atom stereocenters. The van der Waals surface area contributed by atoms with Gasteiger partial charge < -0.3 is 21.1 Å². The largest absolute Gasteiger partial charge is 0.383 e. The summed E-state index contributed by atoms with van der Waals surface area (Å²) in [6.07, 6.45) is 5.93. The first-order valence-corrected chi connectivity index (χ1v) is 14.0. The topological polar surface area (TPSA) is 108 Å². The highest BCUT2D eigenvalue weighted by Gasteiger charge is 2.34. The first-order valence-electron chi connectivity index (χ1n) is 14.0. The van der Waals surface area contributed by atoms with Crippen molar-refractivity contribution in [2.75, 3.05) is 36.9 Å². The van der Waals surface area contributed by atoms with E-state index in [0.717, 1.165) is 79.2 Å². The lowest BCUT2D eigenvalue weighted by Gasteiger charge is -2.38. The summed E-state index contributed by atoms with van der Waals surface area (Å²) < 4.78 is 7.74. The zero-order valence-corrected chi connectivity index (χ0v) is 22.5. The number of rotatable bonds is 5. The second kappa shape index (κ2) is 10.0. The van der Waals surface area contributed by atoms with Gasteiger partial charge in [0, 0.05) is 48.4 Å². The lowest BCUT2D eigenvalue weighted by molar-refractivity contribution is 0.152. The number of nitrogens with two attached hydrogens (primary N) is 2. The fraction of sp³-hybridized carbons (Fsp3) is 0.281. The first-order chi connectivity index (χ1) is 19.6. The first kappa shape index (κ1) is 24.7. The highest BCUT2D eigenvalue weighted by molar-refractivity contribution is 5.84. The van der Waals surface area contributed by atoms with Crippen molar-refractivity contribution in [1.29, 1.82) is 0 Å². The molecule has 0 unspecified atom stereocenters. The van der Waals surface area contributed by atoms with E-state index in [0.29, 0.717) is 11.6 Å². The maximum absolute atomic E-state index is 6.62. The molecule has 2 aliphatic rings. The van der Waals surface area contributed by atoms with Crippen LogP contribution in [0.25, 0.3) is 39.5 Å². The van der Waals surface area contributed by atoms with Crippen LogP contribution in [0.15, 0.2) is 79.0 Å². The summed E-state index contributed by atoms with van der Waals surface area (Å²) in [4.78, 5) is 16.9. The summed E-state index contributed by atoms with van der Waals surface area (Å²) in [6.45, 7) is 3.44. The van der Waals surface area contributed by atoms with Gasteiger partial charge in [-0.1, -0.05) is 24.3 Å². The number of hydrogen-bond donors (Lipinski definition) is 2. The Morgan fingerprint density at radius 2 is 1.70 bits per heavy atom. The summed E-state index contributed by atoms with van der Waals surface area (Å²) in [5.74, 6) is 1.14. The second-order valence-electron chi connectivity index (χ2n) is 10.8. The minimum atomic E-state index is -0.220. The molecule has 5 aromatic rings. The van der Waals surface area contributed by atoms with Gasteiger partial charge in [-0.15, -0.1) is 0 Å². The molecule has 1 saturated heterocycles. The molecule has 1 aliphatic heterocycles. The Kier molecular flexibility index (Phi) is 6.21. The van der Waals surface area contributed by atoms with Gasteiger partial charge in [0.1, 0.15) is 11.3 Å². The molecule has 0 spiro atoms. The molecule has 7 rings (SSSR count). The molecule has 0 amide bonds. The average molecular weight is 532 g/mol. The standard InChI is InChI=1S/C32H33N7O/c33-29-26(7-2-16-35-29)30-37-28-13-12-27(22-5-1-6-25(21-22)38-17-4-19-40-20-18-38)36-31(28)39(30)24-10-8-23(9-11-24)32(34)14-3-15-32/h1-2,5-13,16,21H,3-4,14-15,17-20,34H2,(H2,33,35). The number of ether oxygens (including phenoxy) is 1. The third-order valence-electron chi connectivity index (χ3n) is 8.26. The highest BCUT2D eigenvalue weighted by atomic mass is 16.5. The molecule has 40 heavy (non-hydrogen) atoms. The minimum Gasteiger partial charge on any atom is -0.383 e. The van der Waals surface area contributed by atoms with Gasteiger partial charge in [-0.25, -0.2) is 15.0 Å². The number of fused-ring (bicyclic) bond motifs is 1. The second-order valence-corrected chi connectivity index (χ2v) is 10.8. The Bertz CT molecular complexity index is 1670. The van der Waals surface area contributed by atoms with E-state index >= 15 is 0 Å². The fourth-order valence-electron chi connectivity index (χ4n) is 5.80. The summed E-state index contributed by atoms with van der Waals surface area (Å²) >= 11 is 0. The van der Waals surface area contributed by atoms with E-state index < -0.39 is 0 Å². The van der Waals surface area contributed by atoms with Crippen LogP contribution in [-0.2, 0) is 10.3 Å². The van der Waals surface area contributed by atoms with Crippen LogP contribution in [0.2, 0.25) is 0 Å². The highest BCUT2D eigenvalue weighted by Crippen LogP contribution is 2.39. The molecule has 1 saturated carbocycles. The van der Waals surface area contributed by atoms with E-state index in [9.17, 15) is 0 Å². The normalized spacial score (nSPS) is 17.0. The molecule has 0 radical (unpaired) electrons. The van der Waals surface area contributed by atoms with Gasteiger partial charge in [0.15, 0.2) is 11.5 Å². The van der Waals surface area contributed by atoms with Crippen molar-refractivity contribution in [2.45, 2.75) is 31.2 Å². The van der Waals surface area contributed by atoms with Crippen LogP contribution in [0.4, 0.5) is 11.5 Å². The molecule has 4 N–H and O–H groups in total. The Balaban J connectivity index is 1.35. The lowest BCUT2D eigenvalue weighted by Crippen LogP contribution is -2.43. The molecule has 2 fully saturated rings. The lowest BCUT2D eigenvalue weighted by atomic mass is 9.73. The minimum absolute atomic E-state index is 0.220. The SMILES string of the molecule is Nc1ncccc1-c1nc2ccc(-c3cccc(N4CCCOCC4)c3)nc2n1-c1ccc(C2(N)CCC2)cc1. The maximum atomic E-state index is 6.62. The number of nitrogens with zero attached hydrogens (tertiary/aromatic N) is 5. The number of benzene rings is 2. The molecule has 4 heterocycles. The van der Waals surface area contributed by atoms with Gasteiger partial charge in [0.05, 0.1) is 17.9 Å². The molecule has 202 valence electrons. The number of hydrogen-bond acceptors (Lipinski definition) is 7. The molecule has 8 heteroatoms. The van der Waals surface area contributed by atoms with Crippen molar-refractivity contribution in [1.82, 2.24) is 19.5 Å². The summed E-state index contributed by atoms with van der Waals surface area (Å²) in [7, 11) is 0. The van der Waals surface area contributed by atoms with Gasteiger partial charge in [-0.3, -0.25) is 4.57 Å². The van der Waals surface area contributed by atoms with Crippen LogP contribution in [0.3, 0.4) is 0 Å². The molecule has 2 aromatic carbocycles. The molecule has 8 nitrogen and oxygen atoms in total. The molecule has 1 aliphatic carbocycles. The van der Waals surface area contributed by atoms with Crippen molar-refractivity contribution in [3.8, 4) is 28.3 Å². The van der Waals surface area contributed by atoms with Crippen LogP contribution >= 0.6 is 0 Å². The van der Waals surface area contributed by atoms with Crippen LogP contribution < -0.4 is 16.4 Å². The van der Waals surface area contributed by atoms with Crippen LogP contribution in [0.5, 0.6) is 0 Å². The molecular weight excluding hydrogens is 498 g/mol. The van der Waals surface area contributed by atoms with Crippen molar-refractivity contribution in [3.63, 3.8) is 0 Å². The van der Waals surface area contributed by atoms with Crippen molar-refractivity contribution < 1.29 is 4.74 Å². The summed E-state index contributed by atoms with van der Waals surface area (Å²) in [5, 5.41) is 0. The predicted molar refractivity (Wildman–Crippen MR) is 159 cm³/mol. The van der Waals surface area contributed by atoms with Crippen LogP contribution in [-0.4, -0.2) is 45.8 Å². The van der Waals surface area contributed by atoms with E-state index in [1.165, 1.54) is 17.7 Å². The molecule has 0 bridgehead atoms. The molecule has 3 aromatic heterocycles. The Morgan fingerprint density at radius 3 is 2.50 bits per heavy atom. The average Bonchev–Trinajstić information content (AvgIpc) is 3.13. The number of aromatic nitrogens is 4. The van der Waals surface area contributed by atoms with Crippen molar-refractivity contribution in [2.24, 2.45) is 5.73 Å². The van der Waals surface area contributed by atoms with E-state index in [1.807, 2.05) is 24.3 Å². The Hall–Kier alpha value is -4.27. The monoisotopic (exact) mass is 531 g/mol. The van der Waals surface area contributed by atoms with E-state index in [-0.39, 0.29) is 5.54 Å². The van der Waals surface area contributed by atoms with Gasteiger partial charge in [0.25, 0.3) is 0 Å². The van der Waals surface area contributed by atoms with Gasteiger partial charge >= 0.3 is 0 Å². The smallest absolute Gasteiger partial charge is 0.165 e. The van der Waals surface area contributed by atoms with E-state index in [1.54, 1.807) is 6.20 Å². The Morgan fingerprint density at radius 1 is 0.825 bits per heavy atom. The Labute approximate surface area is 233 Å². The predicted octanol–water partition coefficient (Wildman–Crippen LogP) is 5.30. The van der Waals surface area contributed by atoms with Gasteiger partial charge in [-0.05, 0) is 79.8 Å². The number of imidazole rings is 1. The maximum Gasteiger partial charge on any atom is 0.165 e. The van der Waals surface area contributed by atoms with Crippen molar-refractivity contribution in [3.05, 3.63) is 84.6 Å². The number of pyridine rings is 2. The number of anilines is 2. The molecular formula is C32H33N7O. The van der Waals surface area contributed by atoms with Crippen LogP contribution in [0, 0.1) is 0 Å². The number of nitrogen functional groups attached to an aromatic ring is 1.